The molecule has 0 bridgehead atoms. The van der Waals surface area contributed by atoms with Gasteiger partial charge in [0.25, 0.3) is 11.8 Å². The second kappa shape index (κ2) is 30.6. The number of rotatable bonds is 16. The van der Waals surface area contributed by atoms with Crippen LogP contribution in [0.4, 0.5) is 45.0 Å². The topological polar surface area (TPSA) is 212 Å². The molecule has 101 heavy (non-hydrogen) atoms. The molecule has 3 aliphatic carbocycles. The van der Waals surface area contributed by atoms with Crippen LogP contribution in [0.1, 0.15) is 99.7 Å². The normalized spacial score (nSPS) is 14.2. The molecule has 16 heteroatoms. The van der Waals surface area contributed by atoms with Gasteiger partial charge in [-0.15, -0.1) is 0 Å². The number of nitrogens with one attached hydrogen (secondary N) is 5. The van der Waals surface area contributed by atoms with Crippen LogP contribution in [0.3, 0.4) is 0 Å². The van der Waals surface area contributed by atoms with Gasteiger partial charge in [0.2, 0.25) is 17.8 Å². The van der Waals surface area contributed by atoms with Crippen LogP contribution in [-0.2, 0) is 32.1 Å². The quantitative estimate of drug-likeness (QED) is 0.0480. The number of aromatic nitrogens is 6. The molecular weight excluding hydrogens is 1260 g/mol. The monoisotopic (exact) mass is 1330 g/mol. The van der Waals surface area contributed by atoms with Crippen molar-refractivity contribution in [2.24, 2.45) is 0 Å². The third-order valence-corrected chi connectivity index (χ3v) is 18.6. The van der Waals surface area contributed by atoms with E-state index >= 15 is 0 Å². The highest BCUT2D eigenvalue weighted by Crippen LogP contribution is 2.46. The van der Waals surface area contributed by atoms with Gasteiger partial charge >= 0.3 is 0 Å². The van der Waals surface area contributed by atoms with Crippen molar-refractivity contribution in [3.8, 4) is 33.8 Å². The molecule has 10 aromatic carbocycles. The van der Waals surface area contributed by atoms with Crippen LogP contribution in [0.5, 0.6) is 0 Å². The molecule has 0 radical (unpaired) electrons. The van der Waals surface area contributed by atoms with Gasteiger partial charge in [-0.2, -0.15) is 0 Å². The van der Waals surface area contributed by atoms with Gasteiger partial charge in [-0.1, -0.05) is 176 Å². The first-order chi connectivity index (χ1) is 49.6. The lowest BCUT2D eigenvalue weighted by Gasteiger charge is -2.27. The fourth-order valence-corrected chi connectivity index (χ4v) is 13.5. The molecule has 0 spiro atoms. The Bertz CT molecular complexity index is 5080. The summed E-state index contributed by atoms with van der Waals surface area (Å²) < 4.78 is 14.6. The van der Waals surface area contributed by atoms with E-state index in [1.807, 2.05) is 189 Å². The Kier molecular flexibility index (Phi) is 20.0. The van der Waals surface area contributed by atoms with Gasteiger partial charge in [0, 0.05) is 107 Å². The molecular formula is C85H72FN11O4. The minimum Gasteiger partial charge on any atom is -0.396 e. The molecule has 0 saturated heterocycles. The lowest BCUT2D eigenvalue weighted by Crippen LogP contribution is -2.16. The number of hydrogen-bond donors (Lipinski definition) is 7. The molecule has 15 nitrogen and oxygen atoms in total. The number of anilines is 7. The molecule has 3 aromatic heterocycles. The zero-order chi connectivity index (χ0) is 69.0. The van der Waals surface area contributed by atoms with Crippen LogP contribution in [0.25, 0.3) is 33.8 Å². The molecule has 16 rings (SSSR count). The minimum atomic E-state index is -0.187. The number of carbonyl (C=O) groups is 2. The van der Waals surface area contributed by atoms with E-state index in [0.717, 1.165) is 103 Å². The van der Waals surface area contributed by atoms with Crippen molar-refractivity contribution in [1.29, 1.82) is 0 Å². The first-order valence-electron chi connectivity index (χ1n) is 33.8. The van der Waals surface area contributed by atoms with Gasteiger partial charge in [0.15, 0.2) is 0 Å². The van der Waals surface area contributed by atoms with Gasteiger partial charge < -0.3 is 36.8 Å². The number of amides is 2. The number of aliphatic hydroxyl groups is 2. The SMILES string of the molecule is CNc1ncc2c(n1)-c1ccccc1C(c1ccc(NC(=O)c3ccccc3)cc1)C2.O=C(Nc1ccc(C2Cc3cnc(Nc4ccc(CCO)cc4)nc3-c3ccccc32)cc1)c1ccccc1.OCCc1cccc(Nc2ncc3c(n2)-c2ccccc2[C@H](c2ccccc2F)C3)c1. The number of hydrogen-bond acceptors (Lipinski definition) is 13. The maximum absolute atomic E-state index is 14.6. The number of halogens is 1. The highest BCUT2D eigenvalue weighted by molar-refractivity contribution is 6.05. The fraction of sp³-hybridized carbons (Fsp3) is 0.129. The zero-order valence-electron chi connectivity index (χ0n) is 55.4. The summed E-state index contributed by atoms with van der Waals surface area (Å²) in [4.78, 5) is 52.9. The van der Waals surface area contributed by atoms with E-state index in [-0.39, 0.29) is 48.6 Å². The second-order valence-electron chi connectivity index (χ2n) is 25.0. The van der Waals surface area contributed by atoms with Gasteiger partial charge in [-0.3, -0.25) is 9.59 Å². The molecule has 3 aliphatic rings. The Morgan fingerprint density at radius 1 is 0.396 bits per heavy atom. The summed E-state index contributed by atoms with van der Waals surface area (Å²) >= 11 is 0. The van der Waals surface area contributed by atoms with E-state index < -0.39 is 0 Å². The third kappa shape index (κ3) is 15.0. The molecule has 13 aromatic rings. The van der Waals surface area contributed by atoms with Crippen LogP contribution in [-0.4, -0.2) is 72.2 Å². The lowest BCUT2D eigenvalue weighted by atomic mass is 9.78. The first kappa shape index (κ1) is 65.9. The van der Waals surface area contributed by atoms with Gasteiger partial charge in [0.1, 0.15) is 5.82 Å². The average molecular weight is 1330 g/mol. The summed E-state index contributed by atoms with van der Waals surface area (Å²) in [5.41, 5.74) is 22.7. The molecule has 7 N–H and O–H groups in total. The van der Waals surface area contributed by atoms with E-state index in [9.17, 15) is 19.1 Å². The van der Waals surface area contributed by atoms with E-state index in [0.29, 0.717) is 53.8 Å². The predicted molar refractivity (Wildman–Crippen MR) is 398 cm³/mol. The molecule has 3 atom stereocenters. The van der Waals surface area contributed by atoms with Crippen molar-refractivity contribution in [2.45, 2.75) is 49.9 Å². The zero-order valence-corrected chi connectivity index (χ0v) is 55.4. The van der Waals surface area contributed by atoms with Crippen LogP contribution in [0.2, 0.25) is 0 Å². The summed E-state index contributed by atoms with van der Waals surface area (Å²) in [6, 6.07) is 82.4. The molecule has 3 heterocycles. The Hall–Kier alpha value is -12.4. The molecule has 0 fully saturated rings. The van der Waals surface area contributed by atoms with Crippen LogP contribution < -0.4 is 26.6 Å². The maximum Gasteiger partial charge on any atom is 0.255 e. The largest absolute Gasteiger partial charge is 0.396 e. The fourth-order valence-electron chi connectivity index (χ4n) is 13.5. The van der Waals surface area contributed by atoms with Crippen molar-refractivity contribution in [1.82, 2.24) is 29.9 Å². The Morgan fingerprint density at radius 2 is 0.792 bits per heavy atom. The maximum atomic E-state index is 14.6. The van der Waals surface area contributed by atoms with Crippen LogP contribution in [0, 0.1) is 5.82 Å². The minimum absolute atomic E-state index is 0.0672. The Morgan fingerprint density at radius 3 is 1.27 bits per heavy atom. The van der Waals surface area contributed by atoms with Gasteiger partial charge in [0.05, 0.1) is 17.1 Å². The predicted octanol–water partition coefficient (Wildman–Crippen LogP) is 16.7. The molecule has 0 saturated carbocycles. The van der Waals surface area contributed by atoms with Crippen LogP contribution >= 0.6 is 0 Å². The third-order valence-electron chi connectivity index (χ3n) is 18.6. The molecule has 0 aliphatic heterocycles. The molecule has 498 valence electrons. The summed E-state index contributed by atoms with van der Waals surface area (Å²) in [6.45, 7) is 0.245. The number of nitrogens with zero attached hydrogens (tertiary/aromatic N) is 6. The smallest absolute Gasteiger partial charge is 0.255 e. The van der Waals surface area contributed by atoms with Gasteiger partial charge in [-0.05, 0) is 172 Å². The Labute approximate surface area is 585 Å². The van der Waals surface area contributed by atoms with Crippen molar-refractivity contribution in [3.63, 3.8) is 0 Å². The van der Waals surface area contributed by atoms with E-state index in [4.69, 9.17) is 20.1 Å². The van der Waals surface area contributed by atoms with Crippen LogP contribution in [0.15, 0.2) is 273 Å². The molecule has 2 amide bonds. The van der Waals surface area contributed by atoms with Crippen molar-refractivity contribution < 1.29 is 24.2 Å². The number of aliphatic hydroxyl groups excluding tert-OH is 2. The second-order valence-corrected chi connectivity index (χ2v) is 25.0. The number of fused-ring (bicyclic) bond motifs is 9. The van der Waals surface area contributed by atoms with E-state index in [1.165, 1.54) is 28.3 Å². The summed E-state index contributed by atoms with van der Waals surface area (Å²) in [7, 11) is 1.83. The average Bonchev–Trinajstić information content (AvgIpc) is 0.772. The lowest BCUT2D eigenvalue weighted by molar-refractivity contribution is 0.101. The summed E-state index contributed by atoms with van der Waals surface area (Å²) in [5.74, 6) is 1.58. The van der Waals surface area contributed by atoms with Crippen molar-refractivity contribution in [3.05, 3.63) is 352 Å². The first-order valence-corrected chi connectivity index (χ1v) is 33.8. The number of carbonyl (C=O) groups excluding carboxylic acids is 2. The van der Waals surface area contributed by atoms with Crippen molar-refractivity contribution >= 4 is 52.4 Å². The molecule has 2 unspecified atom stereocenters. The number of benzene rings is 10. The Balaban J connectivity index is 0.000000130. The summed E-state index contributed by atoms with van der Waals surface area (Å²) in [5, 5.41) is 33.9. The standard InChI is InChI=1S/C33H28N4O2.C26H22FN3O.C26H22N4O/c38-19-18-22-10-14-27(15-11-22)36-33-34-21-25-20-30(28-8-4-5-9-29(28)31(25)37-33)23-12-16-26(17-13-23)35-32(39)24-6-2-1-3-7-24;27-24-11-4-3-9-21(24)23-15-18-16-28-26(29-19-7-5-6-17(14-19)12-13-31)30-25(18)22-10-2-1-8-20(22)23;1-27-26-28-16-19-15-23(21-9-5-6-10-22(21)24(19)30-26)17-11-13-20(14-12-17)29-25(31)18-7-3-2-4-8-18/h1-17,21,30,38H,18-20H2,(H,35,39)(H,34,36,37);1-11,14,16,23,31H,12-13,15H2,(H,28,29,30);2-14,16,23H,15H2,1H3,(H,29,31)(H,27,28,30)/t;23-;/m.1./s1. The van der Waals surface area contributed by atoms with Crippen molar-refractivity contribution in [2.75, 3.05) is 46.8 Å². The summed E-state index contributed by atoms with van der Waals surface area (Å²) in [6.07, 6.45) is 9.20. The highest BCUT2D eigenvalue weighted by atomic mass is 19.1. The van der Waals surface area contributed by atoms with E-state index in [1.54, 1.807) is 18.2 Å². The van der Waals surface area contributed by atoms with E-state index in [2.05, 4.69) is 108 Å². The van der Waals surface area contributed by atoms with Gasteiger partial charge in [-0.25, -0.2) is 34.3 Å². The highest BCUT2D eigenvalue weighted by Gasteiger charge is 2.31.